The van der Waals surface area contributed by atoms with Gasteiger partial charge >= 0.3 is 0 Å². The van der Waals surface area contributed by atoms with E-state index in [9.17, 15) is 0 Å². The molecular weight excluding hydrogens is 190 g/mol. The number of ether oxygens (including phenoxy) is 1. The Labute approximate surface area is 91.7 Å². The van der Waals surface area contributed by atoms with Crippen LogP contribution in [-0.4, -0.2) is 36.9 Å². The molecule has 1 fully saturated rings. The van der Waals surface area contributed by atoms with Crippen LogP contribution < -0.4 is 0 Å². The smallest absolute Gasteiger partial charge is 0.0949 e. The Morgan fingerprint density at radius 1 is 1.27 bits per heavy atom. The molecule has 3 atom stereocenters. The average Bonchev–Trinajstić information content (AvgIpc) is 2.52. The maximum Gasteiger partial charge on any atom is 0.0949 e. The Kier molecular flexibility index (Phi) is 3.57. The summed E-state index contributed by atoms with van der Waals surface area (Å²) >= 11 is 0. The Morgan fingerprint density at radius 3 is 2.93 bits per heavy atom. The minimum atomic E-state index is 0.442. The monoisotopic (exact) mass is 211 g/mol. The molecule has 3 unspecified atom stereocenters. The first-order valence-corrected chi connectivity index (χ1v) is 6.06. The van der Waals surface area contributed by atoms with Gasteiger partial charge in [-0.15, -0.1) is 0 Å². The Bertz CT molecular complexity index is 232. The van der Waals surface area contributed by atoms with E-state index in [2.05, 4.69) is 17.3 Å². The van der Waals surface area contributed by atoms with Crippen LogP contribution in [0.2, 0.25) is 0 Å². The number of fused-ring (bicyclic) bond motifs is 1. The Balaban J connectivity index is 1.90. The third-order valence-corrected chi connectivity index (χ3v) is 3.48. The highest BCUT2D eigenvalue weighted by atomic mass is 16.5. The number of likely N-dealkylation sites (N-methyl/N-ethyl adjacent to an activating group) is 1. The van der Waals surface area contributed by atoms with Crippen molar-refractivity contribution in [3.8, 4) is 0 Å². The van der Waals surface area contributed by atoms with E-state index in [-0.39, 0.29) is 0 Å². The quantitative estimate of drug-likeness (QED) is 0.703. The molecule has 86 valence electrons. The van der Waals surface area contributed by atoms with E-state index >= 15 is 0 Å². The molecule has 15 heavy (non-hydrogen) atoms. The number of nitrogens with zero attached hydrogens (tertiary/aromatic N) is 3. The fraction of sp³-hybridized carbons (Fsp3) is 1.00. The highest BCUT2D eigenvalue weighted by Gasteiger charge is 2.32. The van der Waals surface area contributed by atoms with Gasteiger partial charge in [0.15, 0.2) is 0 Å². The molecule has 0 aromatic heterocycles. The van der Waals surface area contributed by atoms with Crippen molar-refractivity contribution in [2.75, 3.05) is 13.7 Å². The maximum absolute atomic E-state index is 5.72. The minimum Gasteiger partial charge on any atom is -0.379 e. The molecule has 1 heterocycles. The van der Waals surface area contributed by atoms with Gasteiger partial charge in [0.25, 0.3) is 0 Å². The Hall–Kier alpha value is -0.640. The second kappa shape index (κ2) is 4.92. The van der Waals surface area contributed by atoms with E-state index in [0.29, 0.717) is 18.2 Å². The van der Waals surface area contributed by atoms with Crippen LogP contribution >= 0.6 is 0 Å². The zero-order valence-corrected chi connectivity index (χ0v) is 9.72. The molecule has 0 aromatic carbocycles. The molecule has 0 N–H and O–H groups in total. The standard InChI is InChI=1S/C11H21N3O/c1-3-15-9-5-4-6-10-11(8-7-9)14(2)13-12-10/h9-11H,3-8H2,1-2H3. The van der Waals surface area contributed by atoms with Crippen LogP contribution in [0, 0.1) is 0 Å². The van der Waals surface area contributed by atoms with Gasteiger partial charge in [-0.1, -0.05) is 5.22 Å². The lowest BCUT2D eigenvalue weighted by Crippen LogP contribution is -2.35. The summed E-state index contributed by atoms with van der Waals surface area (Å²) < 4.78 is 5.72. The third kappa shape index (κ3) is 2.48. The summed E-state index contributed by atoms with van der Waals surface area (Å²) in [6.45, 7) is 2.91. The van der Waals surface area contributed by atoms with E-state index in [1.54, 1.807) is 0 Å². The molecular formula is C11H21N3O. The predicted octanol–water partition coefficient (Wildman–Crippen LogP) is 2.41. The summed E-state index contributed by atoms with van der Waals surface area (Å²) in [7, 11) is 2.03. The second-order valence-corrected chi connectivity index (χ2v) is 4.50. The molecule has 2 rings (SSSR count). The zero-order chi connectivity index (χ0) is 10.7. The van der Waals surface area contributed by atoms with Gasteiger partial charge in [-0.2, -0.15) is 5.11 Å². The summed E-state index contributed by atoms with van der Waals surface area (Å²) in [6.07, 6.45) is 6.37. The van der Waals surface area contributed by atoms with Gasteiger partial charge in [-0.05, 0) is 39.0 Å². The average molecular weight is 211 g/mol. The highest BCUT2D eigenvalue weighted by Crippen LogP contribution is 2.28. The largest absolute Gasteiger partial charge is 0.379 e. The molecule has 4 nitrogen and oxygen atoms in total. The van der Waals surface area contributed by atoms with Crippen LogP contribution in [0.25, 0.3) is 0 Å². The summed E-state index contributed by atoms with van der Waals surface area (Å²) in [5.74, 6) is 0. The van der Waals surface area contributed by atoms with Crippen molar-refractivity contribution < 1.29 is 4.74 Å². The normalized spacial score (nSPS) is 36.1. The molecule has 1 saturated carbocycles. The number of hydrogen-bond donors (Lipinski definition) is 0. The van der Waals surface area contributed by atoms with Gasteiger partial charge in [0.1, 0.15) is 0 Å². The molecule has 0 saturated heterocycles. The van der Waals surface area contributed by atoms with Crippen LogP contribution in [-0.2, 0) is 4.74 Å². The van der Waals surface area contributed by atoms with Crippen LogP contribution in [0.15, 0.2) is 10.3 Å². The fourth-order valence-corrected chi connectivity index (χ4v) is 2.63. The number of hydrogen-bond acceptors (Lipinski definition) is 4. The third-order valence-electron chi connectivity index (χ3n) is 3.48. The van der Waals surface area contributed by atoms with Crippen molar-refractivity contribution in [1.82, 2.24) is 5.01 Å². The summed E-state index contributed by atoms with van der Waals surface area (Å²) in [5.41, 5.74) is 0. The summed E-state index contributed by atoms with van der Waals surface area (Å²) in [4.78, 5) is 0. The van der Waals surface area contributed by atoms with E-state index in [1.165, 1.54) is 25.7 Å². The van der Waals surface area contributed by atoms with Crippen LogP contribution in [0.5, 0.6) is 0 Å². The number of rotatable bonds is 2. The molecule has 1 aliphatic heterocycles. The van der Waals surface area contributed by atoms with E-state index in [4.69, 9.17) is 4.74 Å². The summed E-state index contributed by atoms with van der Waals surface area (Å²) in [6, 6.07) is 0.964. The second-order valence-electron chi connectivity index (χ2n) is 4.50. The van der Waals surface area contributed by atoms with Crippen molar-refractivity contribution in [3.63, 3.8) is 0 Å². The molecule has 0 amide bonds. The van der Waals surface area contributed by atoms with Gasteiger partial charge in [-0.3, -0.25) is 5.01 Å². The lowest BCUT2D eigenvalue weighted by Gasteiger charge is -2.28. The first-order chi connectivity index (χ1) is 7.31. The SMILES string of the molecule is CCOC1CCCC2N=NN(C)C2CC1. The molecule has 0 aromatic rings. The van der Waals surface area contributed by atoms with Crippen molar-refractivity contribution in [2.24, 2.45) is 10.3 Å². The van der Waals surface area contributed by atoms with Crippen molar-refractivity contribution >= 4 is 0 Å². The maximum atomic E-state index is 5.72. The van der Waals surface area contributed by atoms with Crippen LogP contribution in [0.1, 0.15) is 39.0 Å². The topological polar surface area (TPSA) is 37.2 Å². The van der Waals surface area contributed by atoms with Crippen molar-refractivity contribution in [1.29, 1.82) is 0 Å². The van der Waals surface area contributed by atoms with Gasteiger partial charge < -0.3 is 4.74 Å². The van der Waals surface area contributed by atoms with Gasteiger partial charge in [-0.25, -0.2) is 0 Å². The van der Waals surface area contributed by atoms with Crippen molar-refractivity contribution in [2.45, 2.75) is 57.2 Å². The van der Waals surface area contributed by atoms with Gasteiger partial charge in [0.2, 0.25) is 0 Å². The minimum absolute atomic E-state index is 0.442. The van der Waals surface area contributed by atoms with Gasteiger partial charge in [0.05, 0.1) is 18.2 Å². The summed E-state index contributed by atoms with van der Waals surface area (Å²) in [5, 5.41) is 10.5. The lowest BCUT2D eigenvalue weighted by molar-refractivity contribution is 0.0364. The van der Waals surface area contributed by atoms with E-state index < -0.39 is 0 Å². The van der Waals surface area contributed by atoms with Gasteiger partial charge in [0, 0.05) is 13.7 Å². The molecule has 0 radical (unpaired) electrons. The van der Waals surface area contributed by atoms with Crippen molar-refractivity contribution in [3.05, 3.63) is 0 Å². The predicted molar refractivity (Wildman–Crippen MR) is 58.7 cm³/mol. The molecule has 0 spiro atoms. The highest BCUT2D eigenvalue weighted by molar-refractivity contribution is 4.87. The molecule has 4 heteroatoms. The Morgan fingerprint density at radius 2 is 2.13 bits per heavy atom. The molecule has 0 bridgehead atoms. The molecule has 1 aliphatic carbocycles. The lowest BCUT2D eigenvalue weighted by atomic mass is 9.91. The van der Waals surface area contributed by atoms with Crippen LogP contribution in [0.3, 0.4) is 0 Å². The zero-order valence-electron chi connectivity index (χ0n) is 9.72. The first kappa shape index (κ1) is 10.9. The van der Waals surface area contributed by atoms with E-state index in [0.717, 1.165) is 13.0 Å². The fourth-order valence-electron chi connectivity index (χ4n) is 2.63. The first-order valence-electron chi connectivity index (χ1n) is 6.06. The van der Waals surface area contributed by atoms with Crippen LogP contribution in [0.4, 0.5) is 0 Å². The van der Waals surface area contributed by atoms with E-state index in [1.807, 2.05) is 12.1 Å². The molecule has 2 aliphatic rings.